The number of benzene rings is 2. The molecular weight excluding hydrogens is 496 g/mol. The zero-order chi connectivity index (χ0) is 27.4. The van der Waals surface area contributed by atoms with Gasteiger partial charge in [-0.15, -0.1) is 5.10 Å². The van der Waals surface area contributed by atoms with Gasteiger partial charge in [-0.3, -0.25) is 13.9 Å². The molecule has 11 nitrogen and oxygen atoms in total. The van der Waals surface area contributed by atoms with E-state index in [1.165, 1.54) is 4.57 Å². The number of aromatic nitrogens is 8. The van der Waals surface area contributed by atoms with Crippen LogP contribution in [0.5, 0.6) is 0 Å². The Bertz CT molecular complexity index is 1680. The summed E-state index contributed by atoms with van der Waals surface area (Å²) in [5, 5.41) is 14.3. The second kappa shape index (κ2) is 11.6. The third-order valence-corrected chi connectivity index (χ3v) is 6.77. The van der Waals surface area contributed by atoms with Gasteiger partial charge >= 0.3 is 5.69 Å². The topological polar surface area (TPSA) is 126 Å². The number of nitrogens with zero attached hydrogens (tertiary/aromatic N) is 7. The van der Waals surface area contributed by atoms with E-state index in [1.807, 2.05) is 35.8 Å². The first-order valence-corrected chi connectivity index (χ1v) is 13.2. The highest BCUT2D eigenvalue weighted by Gasteiger charge is 2.21. The maximum atomic E-state index is 13.6. The Hall–Kier alpha value is -4.38. The van der Waals surface area contributed by atoms with Crippen LogP contribution in [0.3, 0.4) is 0 Å². The normalized spacial score (nSPS) is 11.5. The zero-order valence-electron chi connectivity index (χ0n) is 22.4. The summed E-state index contributed by atoms with van der Waals surface area (Å²) in [6, 6.07) is 16.2. The molecule has 3 heterocycles. The van der Waals surface area contributed by atoms with Crippen molar-refractivity contribution in [1.29, 1.82) is 0 Å². The van der Waals surface area contributed by atoms with Gasteiger partial charge in [0.2, 0.25) is 0 Å². The molecule has 0 amide bonds. The van der Waals surface area contributed by atoms with Crippen molar-refractivity contribution in [3.63, 3.8) is 0 Å². The molecule has 0 fully saturated rings. The second-order valence-electron chi connectivity index (χ2n) is 9.41. The number of tetrazole rings is 1. The van der Waals surface area contributed by atoms with Crippen molar-refractivity contribution in [2.45, 2.75) is 52.7 Å². The molecule has 0 aliphatic carbocycles. The minimum absolute atomic E-state index is 0.299. The van der Waals surface area contributed by atoms with Gasteiger partial charge in [-0.25, -0.2) is 14.9 Å². The molecule has 1 N–H and O–H groups in total. The Morgan fingerprint density at radius 3 is 2.33 bits per heavy atom. The van der Waals surface area contributed by atoms with Crippen LogP contribution in [0.15, 0.2) is 58.1 Å². The molecule has 0 aliphatic rings. The zero-order valence-corrected chi connectivity index (χ0v) is 22.4. The summed E-state index contributed by atoms with van der Waals surface area (Å²) in [5.41, 5.74) is 4.19. The van der Waals surface area contributed by atoms with Gasteiger partial charge in [-0.2, -0.15) is 0 Å². The number of hydrogen-bond acceptors (Lipinski definition) is 7. The standard InChI is InChI=1S/C28H32N8O3/c1-4-8-23-29-26-24(27(37)35(15-5-2)28(38)34(26)16-17-39-3)36(23)18-19-11-13-20(14-12-19)21-9-6-7-10-22(21)25-30-32-33-31-25/h6-7,9-14H,4-5,8,15-18H2,1-3H3,(H,30,31,32,33). The van der Waals surface area contributed by atoms with Crippen LogP contribution in [-0.4, -0.2) is 53.0 Å². The van der Waals surface area contributed by atoms with E-state index in [4.69, 9.17) is 9.72 Å². The maximum Gasteiger partial charge on any atom is 0.332 e. The lowest BCUT2D eigenvalue weighted by molar-refractivity contribution is 0.186. The van der Waals surface area contributed by atoms with E-state index >= 15 is 0 Å². The van der Waals surface area contributed by atoms with Gasteiger partial charge in [-0.1, -0.05) is 62.4 Å². The minimum Gasteiger partial charge on any atom is -0.383 e. The van der Waals surface area contributed by atoms with Crippen LogP contribution in [0.25, 0.3) is 33.7 Å². The van der Waals surface area contributed by atoms with Gasteiger partial charge in [0.05, 0.1) is 13.2 Å². The Morgan fingerprint density at radius 1 is 0.897 bits per heavy atom. The van der Waals surface area contributed by atoms with Gasteiger partial charge in [0.15, 0.2) is 17.0 Å². The molecular formula is C28H32N8O3. The largest absolute Gasteiger partial charge is 0.383 e. The average molecular weight is 529 g/mol. The summed E-state index contributed by atoms with van der Waals surface area (Å²) in [5.74, 6) is 1.39. The number of rotatable bonds is 11. The average Bonchev–Trinajstić information content (AvgIpc) is 3.61. The fraction of sp³-hybridized carbons (Fsp3) is 0.357. The molecule has 5 rings (SSSR count). The number of fused-ring (bicyclic) bond motifs is 1. The summed E-state index contributed by atoms with van der Waals surface area (Å²) in [6.45, 7) is 5.52. The van der Waals surface area contributed by atoms with Crippen molar-refractivity contribution in [2.75, 3.05) is 13.7 Å². The first-order valence-electron chi connectivity index (χ1n) is 13.2. The third-order valence-electron chi connectivity index (χ3n) is 6.77. The minimum atomic E-state index is -0.343. The Labute approximate surface area is 225 Å². The molecule has 0 radical (unpaired) electrons. The summed E-state index contributed by atoms with van der Waals surface area (Å²) in [6.07, 6.45) is 2.23. The van der Waals surface area contributed by atoms with Crippen LogP contribution >= 0.6 is 0 Å². The van der Waals surface area contributed by atoms with E-state index in [-0.39, 0.29) is 11.2 Å². The van der Waals surface area contributed by atoms with E-state index < -0.39 is 0 Å². The SMILES string of the molecule is CCCc1nc2c(c(=O)n(CCC)c(=O)n2CCOC)n1Cc1ccc(-c2ccccc2-c2nnn[nH]2)cc1. The molecule has 0 spiro atoms. The van der Waals surface area contributed by atoms with Crippen molar-refractivity contribution in [3.05, 3.63) is 80.8 Å². The quantitative estimate of drug-likeness (QED) is 0.279. The Morgan fingerprint density at radius 2 is 1.67 bits per heavy atom. The van der Waals surface area contributed by atoms with Crippen LogP contribution in [0.4, 0.5) is 0 Å². The molecule has 0 atom stereocenters. The van der Waals surface area contributed by atoms with Crippen molar-refractivity contribution < 1.29 is 4.74 Å². The highest BCUT2D eigenvalue weighted by molar-refractivity contribution is 5.80. The second-order valence-corrected chi connectivity index (χ2v) is 9.41. The molecule has 202 valence electrons. The van der Waals surface area contributed by atoms with Gasteiger partial charge in [0.25, 0.3) is 5.56 Å². The van der Waals surface area contributed by atoms with Crippen LogP contribution in [0.1, 0.15) is 38.1 Å². The van der Waals surface area contributed by atoms with Crippen LogP contribution < -0.4 is 11.2 Å². The number of imidazole rings is 1. The van der Waals surface area contributed by atoms with Crippen LogP contribution in [0, 0.1) is 0 Å². The molecule has 11 heteroatoms. The first kappa shape index (κ1) is 26.2. The predicted molar refractivity (Wildman–Crippen MR) is 149 cm³/mol. The number of aryl methyl sites for hydroxylation is 1. The lowest BCUT2D eigenvalue weighted by Gasteiger charge is -2.13. The van der Waals surface area contributed by atoms with Crippen LogP contribution in [-0.2, 0) is 30.8 Å². The number of aromatic amines is 1. The summed E-state index contributed by atoms with van der Waals surface area (Å²) >= 11 is 0. The molecule has 39 heavy (non-hydrogen) atoms. The van der Waals surface area contributed by atoms with Gasteiger partial charge < -0.3 is 9.30 Å². The van der Waals surface area contributed by atoms with Gasteiger partial charge in [0, 0.05) is 32.2 Å². The van der Waals surface area contributed by atoms with E-state index in [0.29, 0.717) is 56.1 Å². The van der Waals surface area contributed by atoms with Crippen molar-refractivity contribution >= 4 is 11.2 Å². The number of methoxy groups -OCH3 is 1. The smallest absolute Gasteiger partial charge is 0.332 e. The maximum absolute atomic E-state index is 13.6. The highest BCUT2D eigenvalue weighted by Crippen LogP contribution is 2.30. The molecule has 3 aromatic heterocycles. The molecule has 0 saturated heterocycles. The molecule has 0 saturated carbocycles. The van der Waals surface area contributed by atoms with Crippen molar-refractivity contribution in [3.8, 4) is 22.5 Å². The molecule has 0 unspecified atom stereocenters. The molecule has 0 aliphatic heterocycles. The third kappa shape index (κ3) is 5.05. The number of H-pyrrole nitrogens is 1. The molecule has 0 bridgehead atoms. The fourth-order valence-corrected chi connectivity index (χ4v) is 4.91. The first-order chi connectivity index (χ1) is 19.1. The fourth-order valence-electron chi connectivity index (χ4n) is 4.91. The van der Waals surface area contributed by atoms with E-state index in [2.05, 4.69) is 51.8 Å². The lowest BCUT2D eigenvalue weighted by atomic mass is 9.98. The summed E-state index contributed by atoms with van der Waals surface area (Å²) < 4.78 is 10.1. The monoisotopic (exact) mass is 528 g/mol. The number of nitrogens with one attached hydrogen (secondary N) is 1. The summed E-state index contributed by atoms with van der Waals surface area (Å²) in [4.78, 5) is 31.7. The summed E-state index contributed by atoms with van der Waals surface area (Å²) in [7, 11) is 1.59. The van der Waals surface area contributed by atoms with E-state index in [0.717, 1.165) is 34.5 Å². The predicted octanol–water partition coefficient (Wildman–Crippen LogP) is 3.26. The van der Waals surface area contributed by atoms with Crippen molar-refractivity contribution in [1.82, 2.24) is 39.3 Å². The Balaban J connectivity index is 1.58. The van der Waals surface area contributed by atoms with E-state index in [9.17, 15) is 9.59 Å². The van der Waals surface area contributed by atoms with E-state index in [1.54, 1.807) is 11.7 Å². The molecule has 5 aromatic rings. The Kier molecular flexibility index (Phi) is 7.78. The number of ether oxygens (including phenoxy) is 1. The van der Waals surface area contributed by atoms with Gasteiger partial charge in [0.1, 0.15) is 5.82 Å². The lowest BCUT2D eigenvalue weighted by Crippen LogP contribution is -2.41. The van der Waals surface area contributed by atoms with Gasteiger partial charge in [-0.05, 0) is 40.0 Å². The van der Waals surface area contributed by atoms with Crippen molar-refractivity contribution in [2.24, 2.45) is 0 Å². The molecule has 2 aromatic carbocycles. The van der Waals surface area contributed by atoms with Crippen LogP contribution in [0.2, 0.25) is 0 Å². The highest BCUT2D eigenvalue weighted by atomic mass is 16.5. The number of hydrogen-bond donors (Lipinski definition) is 1.